The quantitative estimate of drug-likeness (QED) is 0.378. The van der Waals surface area contributed by atoms with Crippen molar-refractivity contribution in [1.82, 2.24) is 0 Å². The average molecular weight is 194 g/mol. The molecule has 0 radical (unpaired) electrons. The summed E-state index contributed by atoms with van der Waals surface area (Å²) >= 11 is 0. The maximum atomic E-state index is 8.39. The molecule has 2 N–H and O–H groups in total. The van der Waals surface area contributed by atoms with Crippen LogP contribution in [0.25, 0.3) is 0 Å². The molecule has 0 aliphatic carbocycles. The van der Waals surface area contributed by atoms with Crippen molar-refractivity contribution in [2.75, 3.05) is 39.6 Å². The molecule has 5 nitrogen and oxygen atoms in total. The van der Waals surface area contributed by atoms with Crippen LogP contribution in [0.5, 0.6) is 0 Å². The SMILES string of the molecule is CCOCCOCCOCC(O)O. The Kier molecular flexibility index (Phi) is 9.73. The van der Waals surface area contributed by atoms with Gasteiger partial charge < -0.3 is 24.4 Å². The molecule has 0 saturated heterocycles. The summed E-state index contributed by atoms with van der Waals surface area (Å²) in [6.45, 7) is 4.47. The third kappa shape index (κ3) is 11.8. The van der Waals surface area contributed by atoms with E-state index in [1.807, 2.05) is 6.92 Å². The maximum Gasteiger partial charge on any atom is 0.175 e. The van der Waals surface area contributed by atoms with Gasteiger partial charge in [0.05, 0.1) is 33.0 Å². The van der Waals surface area contributed by atoms with Crippen molar-refractivity contribution in [3.05, 3.63) is 0 Å². The standard InChI is InChI=1S/C8H18O5/c1-2-11-3-4-12-5-6-13-7-8(9)10/h8-10H,2-7H2,1H3. The fourth-order valence-electron chi connectivity index (χ4n) is 0.671. The molecule has 0 aromatic rings. The van der Waals surface area contributed by atoms with Gasteiger partial charge in [-0.2, -0.15) is 0 Å². The molecule has 0 saturated carbocycles. The summed E-state index contributed by atoms with van der Waals surface area (Å²) in [4.78, 5) is 0. The molecule has 0 heterocycles. The molecule has 5 heteroatoms. The van der Waals surface area contributed by atoms with Crippen LogP contribution in [-0.2, 0) is 14.2 Å². The van der Waals surface area contributed by atoms with Crippen LogP contribution in [-0.4, -0.2) is 56.1 Å². The minimum atomic E-state index is -1.40. The minimum Gasteiger partial charge on any atom is -0.379 e. The summed E-state index contributed by atoms with van der Waals surface area (Å²) < 4.78 is 15.0. The highest BCUT2D eigenvalue weighted by Crippen LogP contribution is 1.82. The highest BCUT2D eigenvalue weighted by Gasteiger charge is 1.95. The minimum absolute atomic E-state index is 0.0746. The zero-order chi connectivity index (χ0) is 9.94. The Bertz CT molecular complexity index is 96.5. The predicted molar refractivity (Wildman–Crippen MR) is 46.4 cm³/mol. The zero-order valence-corrected chi connectivity index (χ0v) is 7.94. The predicted octanol–water partition coefficient (Wildman–Crippen LogP) is -0.633. The first-order valence-electron chi connectivity index (χ1n) is 4.36. The summed E-state index contributed by atoms with van der Waals surface area (Å²) in [6, 6.07) is 0. The summed E-state index contributed by atoms with van der Waals surface area (Å²) in [5.74, 6) is 0. The Morgan fingerprint density at radius 2 is 1.46 bits per heavy atom. The van der Waals surface area contributed by atoms with Crippen LogP contribution >= 0.6 is 0 Å². The van der Waals surface area contributed by atoms with Crippen molar-refractivity contribution in [2.45, 2.75) is 13.2 Å². The smallest absolute Gasteiger partial charge is 0.175 e. The molecule has 0 spiro atoms. The van der Waals surface area contributed by atoms with E-state index in [1.54, 1.807) is 0 Å². The summed E-state index contributed by atoms with van der Waals surface area (Å²) in [6.07, 6.45) is -1.40. The van der Waals surface area contributed by atoms with Crippen molar-refractivity contribution in [1.29, 1.82) is 0 Å². The van der Waals surface area contributed by atoms with Crippen LogP contribution in [0, 0.1) is 0 Å². The summed E-state index contributed by atoms with van der Waals surface area (Å²) in [5, 5.41) is 16.8. The Hall–Kier alpha value is -0.200. The average Bonchev–Trinajstić information content (AvgIpc) is 2.09. The Balaban J connectivity index is 2.84. The number of aliphatic hydroxyl groups excluding tert-OH is 1. The molecule has 0 atom stereocenters. The van der Waals surface area contributed by atoms with Crippen LogP contribution in [0.2, 0.25) is 0 Å². The van der Waals surface area contributed by atoms with Crippen LogP contribution < -0.4 is 0 Å². The first-order chi connectivity index (χ1) is 6.27. The molecule has 13 heavy (non-hydrogen) atoms. The van der Waals surface area contributed by atoms with Crippen LogP contribution in [0.4, 0.5) is 0 Å². The van der Waals surface area contributed by atoms with Gasteiger partial charge in [0.25, 0.3) is 0 Å². The third-order valence-corrected chi connectivity index (χ3v) is 1.22. The van der Waals surface area contributed by atoms with E-state index in [1.165, 1.54) is 0 Å². The number of ether oxygens (including phenoxy) is 3. The van der Waals surface area contributed by atoms with E-state index in [9.17, 15) is 0 Å². The molecule has 0 aromatic carbocycles. The molecular formula is C8H18O5. The molecule has 0 aliphatic rings. The van der Waals surface area contributed by atoms with Gasteiger partial charge in [0.1, 0.15) is 0 Å². The highest BCUT2D eigenvalue weighted by molar-refractivity contribution is 4.34. The fourth-order valence-corrected chi connectivity index (χ4v) is 0.671. The first kappa shape index (κ1) is 12.8. The van der Waals surface area contributed by atoms with E-state index in [0.29, 0.717) is 33.0 Å². The Morgan fingerprint density at radius 3 is 2.00 bits per heavy atom. The topological polar surface area (TPSA) is 68.2 Å². The maximum absolute atomic E-state index is 8.39. The number of aliphatic hydroxyl groups is 2. The van der Waals surface area contributed by atoms with Gasteiger partial charge in [0.15, 0.2) is 6.29 Å². The Labute approximate surface area is 78.2 Å². The first-order valence-corrected chi connectivity index (χ1v) is 4.36. The number of hydrogen-bond acceptors (Lipinski definition) is 5. The highest BCUT2D eigenvalue weighted by atomic mass is 16.6. The van der Waals surface area contributed by atoms with E-state index in [-0.39, 0.29) is 6.61 Å². The van der Waals surface area contributed by atoms with Crippen molar-refractivity contribution in [3.63, 3.8) is 0 Å². The van der Waals surface area contributed by atoms with Crippen molar-refractivity contribution < 1.29 is 24.4 Å². The van der Waals surface area contributed by atoms with Gasteiger partial charge in [0, 0.05) is 6.61 Å². The van der Waals surface area contributed by atoms with Crippen LogP contribution in [0.15, 0.2) is 0 Å². The second-order valence-corrected chi connectivity index (χ2v) is 2.36. The monoisotopic (exact) mass is 194 g/mol. The molecule has 0 unspecified atom stereocenters. The van der Waals surface area contributed by atoms with Crippen LogP contribution in [0.3, 0.4) is 0 Å². The molecule has 0 fully saturated rings. The van der Waals surface area contributed by atoms with Gasteiger partial charge in [-0.1, -0.05) is 0 Å². The van der Waals surface area contributed by atoms with Gasteiger partial charge in [0.2, 0.25) is 0 Å². The molecule has 0 rings (SSSR count). The van der Waals surface area contributed by atoms with Gasteiger partial charge >= 0.3 is 0 Å². The fraction of sp³-hybridized carbons (Fsp3) is 1.00. The molecule has 0 amide bonds. The van der Waals surface area contributed by atoms with E-state index in [4.69, 9.17) is 24.4 Å². The lowest BCUT2D eigenvalue weighted by Gasteiger charge is -2.06. The van der Waals surface area contributed by atoms with Crippen molar-refractivity contribution in [2.24, 2.45) is 0 Å². The lowest BCUT2D eigenvalue weighted by atomic mass is 10.6. The van der Waals surface area contributed by atoms with E-state index >= 15 is 0 Å². The second kappa shape index (κ2) is 9.88. The van der Waals surface area contributed by atoms with Gasteiger partial charge in [-0.3, -0.25) is 0 Å². The lowest BCUT2D eigenvalue weighted by Crippen LogP contribution is -2.16. The largest absolute Gasteiger partial charge is 0.379 e. The lowest BCUT2D eigenvalue weighted by molar-refractivity contribution is -0.101. The normalized spacial score (nSPS) is 11.1. The van der Waals surface area contributed by atoms with Gasteiger partial charge in [-0.25, -0.2) is 0 Å². The molecule has 0 aromatic heterocycles. The van der Waals surface area contributed by atoms with Gasteiger partial charge in [-0.15, -0.1) is 0 Å². The van der Waals surface area contributed by atoms with Crippen molar-refractivity contribution in [3.8, 4) is 0 Å². The summed E-state index contributed by atoms with van der Waals surface area (Å²) in [7, 11) is 0. The molecule has 80 valence electrons. The van der Waals surface area contributed by atoms with Crippen LogP contribution in [0.1, 0.15) is 6.92 Å². The van der Waals surface area contributed by atoms with E-state index < -0.39 is 6.29 Å². The summed E-state index contributed by atoms with van der Waals surface area (Å²) in [5.41, 5.74) is 0. The third-order valence-electron chi connectivity index (χ3n) is 1.22. The Morgan fingerprint density at radius 1 is 0.923 bits per heavy atom. The second-order valence-electron chi connectivity index (χ2n) is 2.36. The van der Waals surface area contributed by atoms with Gasteiger partial charge in [-0.05, 0) is 6.92 Å². The number of rotatable bonds is 9. The zero-order valence-electron chi connectivity index (χ0n) is 7.94. The molecular weight excluding hydrogens is 176 g/mol. The van der Waals surface area contributed by atoms with Crippen molar-refractivity contribution >= 4 is 0 Å². The van der Waals surface area contributed by atoms with E-state index in [0.717, 1.165) is 0 Å². The molecule has 0 bridgehead atoms. The number of hydrogen-bond donors (Lipinski definition) is 2. The molecule has 0 aliphatic heterocycles. The van der Waals surface area contributed by atoms with E-state index in [2.05, 4.69) is 0 Å².